The molecule has 0 amide bonds. The van der Waals surface area contributed by atoms with E-state index in [-0.39, 0.29) is 0 Å². The number of anilines is 1. The number of pyridine rings is 1. The number of fused-ring (bicyclic) bond motifs is 1. The highest BCUT2D eigenvalue weighted by molar-refractivity contribution is 9.10. The maximum absolute atomic E-state index is 4.67. The lowest BCUT2D eigenvalue weighted by molar-refractivity contribution is 0.891. The summed E-state index contributed by atoms with van der Waals surface area (Å²) in [5.41, 5.74) is 1.82. The fourth-order valence-electron chi connectivity index (χ4n) is 2.11. The summed E-state index contributed by atoms with van der Waals surface area (Å²) >= 11 is 3.50. The lowest BCUT2D eigenvalue weighted by Gasteiger charge is -2.13. The second kappa shape index (κ2) is 5.77. The smallest absolute Gasteiger partial charge is 0.163 e. The Hall–Kier alpha value is -2.01. The summed E-state index contributed by atoms with van der Waals surface area (Å²) in [6.07, 6.45) is 3.52. The van der Waals surface area contributed by atoms with Crippen molar-refractivity contribution in [2.45, 2.75) is 19.9 Å². The van der Waals surface area contributed by atoms with E-state index >= 15 is 0 Å². The fraction of sp³-hybridized carbons (Fsp3) is 0.188. The highest BCUT2D eigenvalue weighted by Gasteiger charge is 2.10. The van der Waals surface area contributed by atoms with Gasteiger partial charge >= 0.3 is 0 Å². The third-order valence-corrected chi connectivity index (χ3v) is 3.50. The molecule has 0 bridgehead atoms. The van der Waals surface area contributed by atoms with Gasteiger partial charge in [-0.25, -0.2) is 9.97 Å². The molecule has 21 heavy (non-hydrogen) atoms. The Morgan fingerprint density at radius 2 is 2.00 bits per heavy atom. The van der Waals surface area contributed by atoms with Gasteiger partial charge < -0.3 is 5.32 Å². The molecule has 4 nitrogen and oxygen atoms in total. The van der Waals surface area contributed by atoms with Crippen LogP contribution in [0.3, 0.4) is 0 Å². The van der Waals surface area contributed by atoms with Gasteiger partial charge in [0.15, 0.2) is 5.82 Å². The van der Waals surface area contributed by atoms with Crippen LogP contribution in [-0.4, -0.2) is 21.0 Å². The van der Waals surface area contributed by atoms with Crippen LogP contribution in [-0.2, 0) is 0 Å². The van der Waals surface area contributed by atoms with Crippen LogP contribution < -0.4 is 5.32 Å². The average molecular weight is 343 g/mol. The van der Waals surface area contributed by atoms with Crippen LogP contribution in [0.1, 0.15) is 13.8 Å². The minimum absolute atomic E-state index is 0.295. The number of rotatable bonds is 3. The summed E-state index contributed by atoms with van der Waals surface area (Å²) in [5, 5.41) is 4.40. The molecule has 2 heterocycles. The van der Waals surface area contributed by atoms with Crippen molar-refractivity contribution in [3.05, 3.63) is 47.2 Å². The van der Waals surface area contributed by atoms with Gasteiger partial charge in [0.25, 0.3) is 0 Å². The Balaban J connectivity index is 2.22. The van der Waals surface area contributed by atoms with Crippen LogP contribution in [0.5, 0.6) is 0 Å². The van der Waals surface area contributed by atoms with Crippen molar-refractivity contribution in [1.82, 2.24) is 15.0 Å². The van der Waals surface area contributed by atoms with E-state index in [1.54, 1.807) is 12.4 Å². The summed E-state index contributed by atoms with van der Waals surface area (Å²) in [7, 11) is 0. The third kappa shape index (κ3) is 3.03. The van der Waals surface area contributed by atoms with E-state index in [2.05, 4.69) is 50.0 Å². The average Bonchev–Trinajstić information content (AvgIpc) is 2.48. The van der Waals surface area contributed by atoms with Crippen LogP contribution >= 0.6 is 15.9 Å². The Bertz CT molecular complexity index is 772. The van der Waals surface area contributed by atoms with Gasteiger partial charge in [-0.3, -0.25) is 4.98 Å². The lowest BCUT2D eigenvalue weighted by Crippen LogP contribution is -2.12. The van der Waals surface area contributed by atoms with Gasteiger partial charge in [0.05, 0.1) is 5.52 Å². The van der Waals surface area contributed by atoms with Crippen LogP contribution in [0.4, 0.5) is 5.82 Å². The van der Waals surface area contributed by atoms with E-state index in [0.717, 1.165) is 26.8 Å². The molecule has 0 unspecified atom stereocenters. The molecule has 0 fully saturated rings. The second-order valence-corrected chi connectivity index (χ2v) is 6.01. The van der Waals surface area contributed by atoms with Gasteiger partial charge in [-0.1, -0.05) is 15.9 Å². The van der Waals surface area contributed by atoms with E-state index in [1.165, 1.54) is 0 Å². The van der Waals surface area contributed by atoms with Crippen LogP contribution in [0.2, 0.25) is 0 Å². The summed E-state index contributed by atoms with van der Waals surface area (Å²) in [6.45, 7) is 4.19. The van der Waals surface area contributed by atoms with E-state index in [1.807, 2.05) is 30.3 Å². The van der Waals surface area contributed by atoms with Crippen molar-refractivity contribution < 1.29 is 0 Å². The molecule has 0 saturated heterocycles. The number of hydrogen-bond donors (Lipinski definition) is 1. The summed E-state index contributed by atoms with van der Waals surface area (Å²) < 4.78 is 1.01. The predicted octanol–water partition coefficient (Wildman–Crippen LogP) is 4.27. The van der Waals surface area contributed by atoms with Gasteiger partial charge in [0.2, 0.25) is 0 Å². The first-order chi connectivity index (χ1) is 10.1. The first kappa shape index (κ1) is 13.9. The molecule has 0 aliphatic rings. The molecule has 0 saturated carbocycles. The van der Waals surface area contributed by atoms with Crippen LogP contribution in [0.15, 0.2) is 47.2 Å². The number of nitrogens with one attached hydrogen (secondary N) is 1. The normalized spacial score (nSPS) is 11.0. The summed E-state index contributed by atoms with van der Waals surface area (Å²) in [6, 6.07) is 10.2. The van der Waals surface area contributed by atoms with Crippen molar-refractivity contribution in [3.8, 4) is 11.4 Å². The third-order valence-electron chi connectivity index (χ3n) is 3.00. The molecule has 0 aliphatic carbocycles. The van der Waals surface area contributed by atoms with E-state index < -0.39 is 0 Å². The molecule has 1 N–H and O–H groups in total. The van der Waals surface area contributed by atoms with Crippen LogP contribution in [0, 0.1) is 0 Å². The zero-order valence-corrected chi connectivity index (χ0v) is 13.4. The molecule has 0 spiro atoms. The Morgan fingerprint density at radius 3 is 2.71 bits per heavy atom. The molecule has 3 rings (SSSR count). The standard InChI is InChI=1S/C16H15BrN4/c1-10(2)19-16-13-8-12(17)5-6-14(13)20-15(21-16)11-4-3-7-18-9-11/h3-10H,1-2H3,(H,19,20,21). The van der Waals surface area contributed by atoms with Crippen molar-refractivity contribution in [2.75, 3.05) is 5.32 Å². The molecular formula is C16H15BrN4. The minimum atomic E-state index is 0.295. The van der Waals surface area contributed by atoms with Gasteiger partial charge in [-0.2, -0.15) is 0 Å². The highest BCUT2D eigenvalue weighted by atomic mass is 79.9. The summed E-state index contributed by atoms with van der Waals surface area (Å²) in [5.74, 6) is 1.52. The van der Waals surface area contributed by atoms with Gasteiger partial charge in [-0.15, -0.1) is 0 Å². The Kier molecular flexibility index (Phi) is 3.84. The zero-order valence-electron chi connectivity index (χ0n) is 11.8. The van der Waals surface area contributed by atoms with Crippen molar-refractivity contribution >= 4 is 32.7 Å². The second-order valence-electron chi connectivity index (χ2n) is 5.10. The lowest BCUT2D eigenvalue weighted by atomic mass is 10.2. The first-order valence-electron chi connectivity index (χ1n) is 6.78. The first-order valence-corrected chi connectivity index (χ1v) is 7.57. The molecule has 2 aromatic heterocycles. The molecule has 1 aromatic carbocycles. The quantitative estimate of drug-likeness (QED) is 0.771. The number of nitrogens with zero attached hydrogens (tertiary/aromatic N) is 3. The SMILES string of the molecule is CC(C)Nc1nc(-c2cccnc2)nc2ccc(Br)cc12. The topological polar surface area (TPSA) is 50.7 Å². The fourth-order valence-corrected chi connectivity index (χ4v) is 2.47. The largest absolute Gasteiger partial charge is 0.367 e. The molecule has 0 atom stereocenters. The van der Waals surface area contributed by atoms with Crippen molar-refractivity contribution in [1.29, 1.82) is 0 Å². The van der Waals surface area contributed by atoms with Gasteiger partial charge in [0, 0.05) is 33.9 Å². The minimum Gasteiger partial charge on any atom is -0.367 e. The number of benzene rings is 1. The Labute approximate surface area is 131 Å². The number of hydrogen-bond acceptors (Lipinski definition) is 4. The molecule has 5 heteroatoms. The monoisotopic (exact) mass is 342 g/mol. The molecule has 106 valence electrons. The van der Waals surface area contributed by atoms with E-state index in [9.17, 15) is 0 Å². The zero-order chi connectivity index (χ0) is 14.8. The van der Waals surface area contributed by atoms with Crippen molar-refractivity contribution in [3.63, 3.8) is 0 Å². The summed E-state index contributed by atoms with van der Waals surface area (Å²) in [4.78, 5) is 13.4. The van der Waals surface area contributed by atoms with E-state index in [0.29, 0.717) is 11.9 Å². The van der Waals surface area contributed by atoms with Gasteiger partial charge in [-0.05, 0) is 44.2 Å². The van der Waals surface area contributed by atoms with Crippen molar-refractivity contribution in [2.24, 2.45) is 0 Å². The maximum Gasteiger partial charge on any atom is 0.163 e. The highest BCUT2D eigenvalue weighted by Crippen LogP contribution is 2.27. The number of aromatic nitrogens is 3. The molecule has 0 aliphatic heterocycles. The molecule has 3 aromatic rings. The Morgan fingerprint density at radius 1 is 1.14 bits per heavy atom. The molecular weight excluding hydrogens is 328 g/mol. The molecule has 0 radical (unpaired) electrons. The predicted molar refractivity (Wildman–Crippen MR) is 89.2 cm³/mol. The maximum atomic E-state index is 4.67. The van der Waals surface area contributed by atoms with E-state index in [4.69, 9.17) is 0 Å². The van der Waals surface area contributed by atoms with Gasteiger partial charge in [0.1, 0.15) is 5.82 Å². The van der Waals surface area contributed by atoms with Crippen LogP contribution in [0.25, 0.3) is 22.3 Å². The number of halogens is 1.